The second-order valence-electron chi connectivity index (χ2n) is 4.11. The minimum absolute atomic E-state index is 0.183. The van der Waals surface area contributed by atoms with Gasteiger partial charge in [0.15, 0.2) is 0 Å². The van der Waals surface area contributed by atoms with Crippen molar-refractivity contribution in [3.8, 4) is 0 Å². The molecule has 0 fully saturated rings. The minimum Gasteiger partial charge on any atom is -0.442 e. The van der Waals surface area contributed by atoms with Gasteiger partial charge in [-0.3, -0.25) is 4.84 Å². The van der Waals surface area contributed by atoms with Crippen molar-refractivity contribution in [3.63, 3.8) is 0 Å². The number of carbonyl (C=O) groups excluding carboxylic acids is 2. The number of thiol groups is 1. The maximum absolute atomic E-state index is 11.7. The third kappa shape index (κ3) is 5.37. The van der Waals surface area contributed by atoms with Gasteiger partial charge < -0.3 is 9.53 Å². The van der Waals surface area contributed by atoms with E-state index in [1.165, 1.54) is 0 Å². The molecule has 1 atom stereocenters. The number of nitrogens with zero attached hydrogens (tertiary/aromatic N) is 1. The summed E-state index contributed by atoms with van der Waals surface area (Å²) in [4.78, 5) is 27.5. The number of carbonyl (C=O) groups is 2. The van der Waals surface area contributed by atoms with Crippen LogP contribution < -0.4 is 0 Å². The quantitative estimate of drug-likeness (QED) is 0.457. The molecule has 0 N–H and O–H groups in total. The first kappa shape index (κ1) is 15.2. The van der Waals surface area contributed by atoms with E-state index in [1.807, 2.05) is 0 Å². The molecule has 0 aliphatic rings. The molecule has 0 rings (SSSR count). The standard InChI is InChI=1S/C10H19NO4S/c1-5-14-11(8(6-12)7-16)9(13)15-10(2,3)4/h6,8,16H,5,7H2,1-4H3. The van der Waals surface area contributed by atoms with Gasteiger partial charge in [0, 0.05) is 5.75 Å². The van der Waals surface area contributed by atoms with E-state index in [0.717, 1.165) is 5.06 Å². The van der Waals surface area contributed by atoms with Crippen LogP contribution in [0.3, 0.4) is 0 Å². The molecule has 0 aliphatic carbocycles. The van der Waals surface area contributed by atoms with Gasteiger partial charge in [0.25, 0.3) is 0 Å². The second-order valence-corrected chi connectivity index (χ2v) is 4.48. The van der Waals surface area contributed by atoms with Gasteiger partial charge in [-0.15, -0.1) is 0 Å². The summed E-state index contributed by atoms with van der Waals surface area (Å²) in [7, 11) is 0. The van der Waals surface area contributed by atoms with Crippen LogP contribution in [0, 0.1) is 0 Å². The van der Waals surface area contributed by atoms with Crippen molar-refractivity contribution in [2.75, 3.05) is 12.4 Å². The van der Waals surface area contributed by atoms with Gasteiger partial charge in [0.2, 0.25) is 0 Å². The molecule has 0 saturated heterocycles. The second kappa shape index (κ2) is 6.75. The SMILES string of the molecule is CCON(C(=O)OC(C)(C)C)C(C=O)CS. The molecule has 0 aromatic carbocycles. The fourth-order valence-electron chi connectivity index (χ4n) is 0.902. The average molecular weight is 249 g/mol. The highest BCUT2D eigenvalue weighted by molar-refractivity contribution is 7.80. The van der Waals surface area contributed by atoms with Crippen LogP contribution in [0.1, 0.15) is 27.7 Å². The van der Waals surface area contributed by atoms with E-state index in [4.69, 9.17) is 9.57 Å². The Hall–Kier alpha value is -0.750. The minimum atomic E-state index is -0.738. The molecule has 6 heteroatoms. The van der Waals surface area contributed by atoms with E-state index < -0.39 is 17.7 Å². The molecule has 0 aromatic rings. The summed E-state index contributed by atoms with van der Waals surface area (Å²) in [6.45, 7) is 7.22. The van der Waals surface area contributed by atoms with Crippen LogP contribution in [0.25, 0.3) is 0 Å². The number of aldehydes is 1. The Bertz CT molecular complexity index is 239. The van der Waals surface area contributed by atoms with Crippen LogP contribution in [-0.2, 0) is 14.4 Å². The first-order valence-electron chi connectivity index (χ1n) is 5.07. The predicted molar refractivity (Wildman–Crippen MR) is 63.4 cm³/mol. The fourth-order valence-corrected chi connectivity index (χ4v) is 1.14. The van der Waals surface area contributed by atoms with Gasteiger partial charge in [-0.2, -0.15) is 17.7 Å². The van der Waals surface area contributed by atoms with Crippen molar-refractivity contribution in [2.45, 2.75) is 39.3 Å². The van der Waals surface area contributed by atoms with Crippen molar-refractivity contribution in [2.24, 2.45) is 0 Å². The number of rotatable bonds is 5. The molecule has 0 bridgehead atoms. The Morgan fingerprint density at radius 1 is 1.50 bits per heavy atom. The summed E-state index contributed by atoms with van der Waals surface area (Å²) in [5.41, 5.74) is -0.629. The fraction of sp³-hybridized carbons (Fsp3) is 0.800. The molecule has 0 saturated carbocycles. The molecule has 1 unspecified atom stereocenters. The zero-order chi connectivity index (χ0) is 12.8. The van der Waals surface area contributed by atoms with Crippen LogP contribution in [0.2, 0.25) is 0 Å². The van der Waals surface area contributed by atoms with Crippen molar-refractivity contribution >= 4 is 25.0 Å². The van der Waals surface area contributed by atoms with Crippen molar-refractivity contribution in [3.05, 3.63) is 0 Å². The Labute approximate surface area is 101 Å². The lowest BCUT2D eigenvalue weighted by atomic mass is 10.2. The van der Waals surface area contributed by atoms with Crippen LogP contribution in [0.4, 0.5) is 4.79 Å². The Morgan fingerprint density at radius 3 is 2.38 bits per heavy atom. The molecule has 0 spiro atoms. The zero-order valence-electron chi connectivity index (χ0n) is 10.1. The van der Waals surface area contributed by atoms with E-state index in [2.05, 4.69) is 12.6 Å². The molecule has 0 radical (unpaired) electrons. The molecular weight excluding hydrogens is 230 g/mol. The molecule has 1 amide bonds. The molecule has 0 aromatic heterocycles. The Balaban J connectivity index is 4.63. The van der Waals surface area contributed by atoms with E-state index in [0.29, 0.717) is 6.29 Å². The number of hydroxylamine groups is 2. The van der Waals surface area contributed by atoms with Crippen LogP contribution in [0.5, 0.6) is 0 Å². The van der Waals surface area contributed by atoms with Gasteiger partial charge in [-0.25, -0.2) is 4.79 Å². The highest BCUT2D eigenvalue weighted by Gasteiger charge is 2.28. The van der Waals surface area contributed by atoms with Gasteiger partial charge in [-0.1, -0.05) is 0 Å². The van der Waals surface area contributed by atoms with Gasteiger partial charge in [-0.05, 0) is 27.7 Å². The first-order chi connectivity index (χ1) is 7.35. The van der Waals surface area contributed by atoms with E-state index in [-0.39, 0.29) is 12.4 Å². The number of hydrogen-bond donors (Lipinski definition) is 1. The maximum atomic E-state index is 11.7. The molecular formula is C10H19NO4S. The largest absolute Gasteiger partial charge is 0.442 e. The van der Waals surface area contributed by atoms with Crippen molar-refractivity contribution in [1.82, 2.24) is 5.06 Å². The number of hydrogen-bond acceptors (Lipinski definition) is 5. The predicted octanol–water partition coefficient (Wildman–Crippen LogP) is 1.67. The van der Waals surface area contributed by atoms with Gasteiger partial charge in [0.1, 0.15) is 17.9 Å². The van der Waals surface area contributed by atoms with E-state index >= 15 is 0 Å². The third-order valence-electron chi connectivity index (χ3n) is 1.49. The van der Waals surface area contributed by atoms with Crippen molar-refractivity contribution in [1.29, 1.82) is 0 Å². The lowest BCUT2D eigenvalue weighted by Gasteiger charge is -2.28. The third-order valence-corrected chi connectivity index (χ3v) is 1.86. The number of amides is 1. The summed E-state index contributed by atoms with van der Waals surface area (Å²) in [6.07, 6.45) is -0.0763. The zero-order valence-corrected chi connectivity index (χ0v) is 11.0. The van der Waals surface area contributed by atoms with Gasteiger partial charge >= 0.3 is 6.09 Å². The van der Waals surface area contributed by atoms with E-state index in [9.17, 15) is 9.59 Å². The normalized spacial score (nSPS) is 13.1. The molecule has 0 heterocycles. The summed E-state index contributed by atoms with van der Waals surface area (Å²) in [6, 6.07) is -0.738. The van der Waals surface area contributed by atoms with Gasteiger partial charge in [0.05, 0.1) is 6.61 Å². The highest BCUT2D eigenvalue weighted by atomic mass is 32.1. The Morgan fingerprint density at radius 2 is 2.06 bits per heavy atom. The maximum Gasteiger partial charge on any atom is 0.435 e. The summed E-state index contributed by atoms with van der Waals surface area (Å²) < 4.78 is 5.11. The van der Waals surface area contributed by atoms with E-state index in [1.54, 1.807) is 27.7 Å². The summed E-state index contributed by atoms with van der Waals surface area (Å²) >= 11 is 3.97. The number of ether oxygens (including phenoxy) is 1. The smallest absolute Gasteiger partial charge is 0.435 e. The molecule has 94 valence electrons. The Kier molecular flexibility index (Phi) is 6.43. The summed E-state index contributed by atoms with van der Waals surface area (Å²) in [5.74, 6) is 0.183. The van der Waals surface area contributed by atoms with Crippen LogP contribution in [0.15, 0.2) is 0 Å². The van der Waals surface area contributed by atoms with Crippen molar-refractivity contribution < 1.29 is 19.2 Å². The van der Waals surface area contributed by atoms with Crippen LogP contribution >= 0.6 is 12.6 Å². The first-order valence-corrected chi connectivity index (χ1v) is 5.70. The molecule has 0 aliphatic heterocycles. The average Bonchev–Trinajstić information content (AvgIpc) is 2.15. The topological polar surface area (TPSA) is 55.8 Å². The van der Waals surface area contributed by atoms with Crippen LogP contribution in [-0.4, -0.2) is 41.4 Å². The highest BCUT2D eigenvalue weighted by Crippen LogP contribution is 2.12. The lowest BCUT2D eigenvalue weighted by Crippen LogP contribution is -2.45. The molecule has 5 nitrogen and oxygen atoms in total. The molecule has 16 heavy (non-hydrogen) atoms. The summed E-state index contributed by atoms with van der Waals surface area (Å²) in [5, 5.41) is 0.922. The lowest BCUT2D eigenvalue weighted by molar-refractivity contribution is -0.165. The monoisotopic (exact) mass is 249 g/mol.